The number of H-pyrrole nitrogens is 1. The molecule has 1 amide bonds. The van der Waals surface area contributed by atoms with Gasteiger partial charge in [0.25, 0.3) is 5.91 Å². The summed E-state index contributed by atoms with van der Waals surface area (Å²) in [5.41, 5.74) is 4.15. The monoisotopic (exact) mass is 321 g/mol. The summed E-state index contributed by atoms with van der Waals surface area (Å²) < 4.78 is 10.5. The third-order valence-corrected chi connectivity index (χ3v) is 3.88. The average Bonchev–Trinajstić information content (AvgIpc) is 3.23. The van der Waals surface area contributed by atoms with Crippen molar-refractivity contribution in [3.63, 3.8) is 0 Å². The molecule has 2 aromatic carbocycles. The molecular weight excluding hydrogens is 306 g/mol. The maximum absolute atomic E-state index is 12.4. The van der Waals surface area contributed by atoms with Crippen molar-refractivity contribution in [1.29, 1.82) is 0 Å². The summed E-state index contributed by atoms with van der Waals surface area (Å²) in [5.74, 6) is 1.05. The van der Waals surface area contributed by atoms with Crippen molar-refractivity contribution in [1.82, 2.24) is 9.97 Å². The van der Waals surface area contributed by atoms with Gasteiger partial charge in [0.2, 0.25) is 6.79 Å². The van der Waals surface area contributed by atoms with Crippen LogP contribution in [-0.4, -0.2) is 22.7 Å². The number of aromatic nitrogens is 2. The lowest BCUT2D eigenvalue weighted by molar-refractivity contribution is 0.102. The normalized spacial score (nSPS) is 12.2. The van der Waals surface area contributed by atoms with E-state index in [4.69, 9.17) is 9.47 Å². The molecule has 120 valence electrons. The zero-order valence-electron chi connectivity index (χ0n) is 13.0. The number of aromatic amines is 1. The molecule has 0 bridgehead atoms. The average molecular weight is 321 g/mol. The Bertz CT molecular complexity index is 900. The quantitative estimate of drug-likeness (QED) is 0.775. The van der Waals surface area contributed by atoms with Crippen molar-refractivity contribution in [2.45, 2.75) is 6.92 Å². The largest absolute Gasteiger partial charge is 0.454 e. The molecule has 0 aliphatic carbocycles. The fraction of sp³-hybridized carbons (Fsp3) is 0.111. The van der Waals surface area contributed by atoms with E-state index < -0.39 is 0 Å². The third-order valence-electron chi connectivity index (χ3n) is 3.88. The highest BCUT2D eigenvalue weighted by atomic mass is 16.7. The molecule has 0 radical (unpaired) electrons. The first-order valence-electron chi connectivity index (χ1n) is 7.52. The van der Waals surface area contributed by atoms with E-state index in [-0.39, 0.29) is 12.7 Å². The second-order valence-electron chi connectivity index (χ2n) is 5.48. The van der Waals surface area contributed by atoms with E-state index in [2.05, 4.69) is 15.3 Å². The summed E-state index contributed by atoms with van der Waals surface area (Å²) in [7, 11) is 0. The molecule has 0 unspecified atom stereocenters. The lowest BCUT2D eigenvalue weighted by Gasteiger charge is -2.07. The van der Waals surface area contributed by atoms with Crippen LogP contribution in [0.2, 0.25) is 0 Å². The zero-order valence-corrected chi connectivity index (χ0v) is 13.0. The molecule has 1 aliphatic rings. The standard InChI is InChI=1S/C18H15N3O3/c1-11-17(20-9-19-11)12-2-5-14(6-3-12)21-18(22)13-4-7-15-16(8-13)24-10-23-15/h2-9H,10H2,1H3,(H,19,20)(H,21,22). The van der Waals surface area contributed by atoms with Crippen molar-refractivity contribution in [2.75, 3.05) is 12.1 Å². The van der Waals surface area contributed by atoms with Gasteiger partial charge < -0.3 is 19.8 Å². The third kappa shape index (κ3) is 2.58. The van der Waals surface area contributed by atoms with Gasteiger partial charge in [0, 0.05) is 22.5 Å². The molecule has 0 fully saturated rings. The minimum absolute atomic E-state index is 0.189. The summed E-state index contributed by atoms with van der Waals surface area (Å²) in [6.07, 6.45) is 1.67. The number of aryl methyl sites for hydroxylation is 1. The Hall–Kier alpha value is -3.28. The maximum Gasteiger partial charge on any atom is 0.255 e. The molecule has 4 rings (SSSR count). The van der Waals surface area contributed by atoms with Crippen LogP contribution in [0, 0.1) is 6.92 Å². The van der Waals surface area contributed by atoms with E-state index in [1.165, 1.54) is 0 Å². The van der Waals surface area contributed by atoms with Gasteiger partial charge in [-0.2, -0.15) is 0 Å². The van der Waals surface area contributed by atoms with Crippen LogP contribution >= 0.6 is 0 Å². The van der Waals surface area contributed by atoms with Crippen molar-refractivity contribution >= 4 is 11.6 Å². The van der Waals surface area contributed by atoms with E-state index >= 15 is 0 Å². The molecule has 0 saturated carbocycles. The van der Waals surface area contributed by atoms with E-state index in [1.807, 2.05) is 31.2 Å². The number of carbonyl (C=O) groups excluding carboxylic acids is 1. The minimum atomic E-state index is -0.197. The minimum Gasteiger partial charge on any atom is -0.454 e. The second-order valence-corrected chi connectivity index (χ2v) is 5.48. The van der Waals surface area contributed by atoms with Gasteiger partial charge in [-0.25, -0.2) is 4.98 Å². The molecule has 2 heterocycles. The molecule has 0 saturated heterocycles. The summed E-state index contributed by atoms with van der Waals surface area (Å²) in [5, 5.41) is 2.87. The summed E-state index contributed by atoms with van der Waals surface area (Å²) in [6, 6.07) is 12.7. The van der Waals surface area contributed by atoms with E-state index in [9.17, 15) is 4.79 Å². The maximum atomic E-state index is 12.4. The van der Waals surface area contributed by atoms with Crippen LogP contribution in [0.1, 0.15) is 16.1 Å². The SMILES string of the molecule is Cc1[nH]cnc1-c1ccc(NC(=O)c2ccc3c(c2)OCO3)cc1. The topological polar surface area (TPSA) is 76.2 Å². The number of anilines is 1. The van der Waals surface area contributed by atoms with Gasteiger partial charge in [-0.05, 0) is 37.3 Å². The summed E-state index contributed by atoms with van der Waals surface area (Å²) in [6.45, 7) is 2.16. The summed E-state index contributed by atoms with van der Waals surface area (Å²) in [4.78, 5) is 19.7. The Morgan fingerprint density at radius 2 is 1.92 bits per heavy atom. The van der Waals surface area contributed by atoms with Crippen molar-refractivity contribution in [2.24, 2.45) is 0 Å². The van der Waals surface area contributed by atoms with Crippen LogP contribution in [0.3, 0.4) is 0 Å². The number of carbonyl (C=O) groups is 1. The Labute approximate surface area is 138 Å². The fourth-order valence-electron chi connectivity index (χ4n) is 2.60. The van der Waals surface area contributed by atoms with Gasteiger partial charge in [-0.3, -0.25) is 4.79 Å². The number of amides is 1. The Kier molecular flexibility index (Phi) is 3.42. The number of rotatable bonds is 3. The van der Waals surface area contributed by atoms with Gasteiger partial charge >= 0.3 is 0 Å². The highest BCUT2D eigenvalue weighted by Gasteiger charge is 2.16. The number of fused-ring (bicyclic) bond motifs is 1. The first-order valence-corrected chi connectivity index (χ1v) is 7.52. The van der Waals surface area contributed by atoms with E-state index in [1.54, 1.807) is 24.5 Å². The number of imidazole rings is 1. The smallest absolute Gasteiger partial charge is 0.255 e. The summed E-state index contributed by atoms with van der Waals surface area (Å²) >= 11 is 0. The lowest BCUT2D eigenvalue weighted by atomic mass is 10.1. The van der Waals surface area contributed by atoms with Gasteiger partial charge in [-0.1, -0.05) is 12.1 Å². The number of hydrogen-bond acceptors (Lipinski definition) is 4. The molecule has 0 atom stereocenters. The molecule has 6 nitrogen and oxygen atoms in total. The van der Waals surface area contributed by atoms with Crippen LogP contribution in [-0.2, 0) is 0 Å². The molecular formula is C18H15N3O3. The molecule has 1 aromatic heterocycles. The molecule has 6 heteroatoms. The number of nitrogens with zero attached hydrogens (tertiary/aromatic N) is 1. The van der Waals surface area contributed by atoms with Crippen LogP contribution in [0.5, 0.6) is 11.5 Å². The van der Waals surface area contributed by atoms with Crippen molar-refractivity contribution < 1.29 is 14.3 Å². The van der Waals surface area contributed by atoms with Crippen LogP contribution in [0.15, 0.2) is 48.8 Å². The highest BCUT2D eigenvalue weighted by molar-refractivity contribution is 6.04. The van der Waals surface area contributed by atoms with Gasteiger partial charge in [-0.15, -0.1) is 0 Å². The molecule has 2 N–H and O–H groups in total. The van der Waals surface area contributed by atoms with Crippen molar-refractivity contribution in [3.05, 3.63) is 60.0 Å². The van der Waals surface area contributed by atoms with Crippen LogP contribution in [0.4, 0.5) is 5.69 Å². The second kappa shape index (κ2) is 5.73. The molecule has 0 spiro atoms. The molecule has 1 aliphatic heterocycles. The predicted octanol–water partition coefficient (Wildman–Crippen LogP) is 3.37. The Morgan fingerprint density at radius 3 is 2.67 bits per heavy atom. The fourth-order valence-corrected chi connectivity index (χ4v) is 2.60. The number of hydrogen-bond donors (Lipinski definition) is 2. The lowest BCUT2D eigenvalue weighted by Crippen LogP contribution is -2.11. The van der Waals surface area contributed by atoms with E-state index in [0.717, 1.165) is 22.6 Å². The van der Waals surface area contributed by atoms with Gasteiger partial charge in [0.05, 0.1) is 12.0 Å². The van der Waals surface area contributed by atoms with Gasteiger partial charge in [0.1, 0.15) is 0 Å². The number of benzene rings is 2. The highest BCUT2D eigenvalue weighted by Crippen LogP contribution is 2.32. The van der Waals surface area contributed by atoms with Crippen molar-refractivity contribution in [3.8, 4) is 22.8 Å². The molecule has 3 aromatic rings. The number of nitrogens with one attached hydrogen (secondary N) is 2. The predicted molar refractivity (Wildman–Crippen MR) is 89.3 cm³/mol. The van der Waals surface area contributed by atoms with Gasteiger partial charge in [0.15, 0.2) is 11.5 Å². The first-order chi connectivity index (χ1) is 11.7. The Balaban J connectivity index is 1.51. The Morgan fingerprint density at radius 1 is 1.12 bits per heavy atom. The number of ether oxygens (including phenoxy) is 2. The van der Waals surface area contributed by atoms with E-state index in [0.29, 0.717) is 17.1 Å². The molecule has 24 heavy (non-hydrogen) atoms. The zero-order chi connectivity index (χ0) is 16.5. The first kappa shape index (κ1) is 14.3. The van der Waals surface area contributed by atoms with Crippen LogP contribution < -0.4 is 14.8 Å². The van der Waals surface area contributed by atoms with Crippen LogP contribution in [0.25, 0.3) is 11.3 Å².